The number of likely N-dealkylation sites (tertiary alicyclic amines) is 1. The zero-order chi connectivity index (χ0) is 17.1. The summed E-state index contributed by atoms with van der Waals surface area (Å²) < 4.78 is 5.48. The summed E-state index contributed by atoms with van der Waals surface area (Å²) in [4.78, 5) is 23.9. The van der Waals surface area contributed by atoms with E-state index in [-0.39, 0.29) is 5.92 Å². The number of ether oxygens (including phenoxy) is 1. The molecule has 1 atom stereocenters. The number of piperazine rings is 1. The van der Waals surface area contributed by atoms with Crippen molar-refractivity contribution in [1.29, 1.82) is 0 Å². The highest BCUT2D eigenvalue weighted by Gasteiger charge is 2.34. The molecule has 138 valence electrons. The zero-order valence-corrected chi connectivity index (χ0v) is 14.8. The average molecular weight is 348 g/mol. The molecule has 1 aromatic rings. The predicted molar refractivity (Wildman–Crippen MR) is 93.3 cm³/mol. The molecule has 3 saturated heterocycles. The van der Waals surface area contributed by atoms with Crippen molar-refractivity contribution in [3.8, 4) is 0 Å². The molecule has 0 radical (unpaired) electrons. The van der Waals surface area contributed by atoms with Gasteiger partial charge in [0.05, 0.1) is 5.92 Å². The maximum Gasteiger partial charge on any atom is 0.227 e. The van der Waals surface area contributed by atoms with Crippen molar-refractivity contribution in [2.24, 2.45) is 5.92 Å². The molecule has 8 heteroatoms. The van der Waals surface area contributed by atoms with Gasteiger partial charge in [0.25, 0.3) is 0 Å². The lowest BCUT2D eigenvalue weighted by Gasteiger charge is -2.42. The second-order valence-electron chi connectivity index (χ2n) is 7.30. The first-order valence-corrected chi connectivity index (χ1v) is 9.52. The Balaban J connectivity index is 1.30. The Morgan fingerprint density at radius 3 is 2.64 bits per heavy atom. The monoisotopic (exact) mass is 348 g/mol. The zero-order valence-electron chi connectivity index (χ0n) is 14.8. The van der Waals surface area contributed by atoms with E-state index in [0.717, 1.165) is 84.1 Å². The topological polar surface area (TPSA) is 77.6 Å². The van der Waals surface area contributed by atoms with E-state index < -0.39 is 0 Å². The molecule has 0 bridgehead atoms. The van der Waals surface area contributed by atoms with Crippen LogP contribution < -0.4 is 4.90 Å². The van der Waals surface area contributed by atoms with Crippen LogP contribution in [0.1, 0.15) is 25.7 Å². The lowest BCUT2D eigenvalue weighted by molar-refractivity contribution is -0.138. The van der Waals surface area contributed by atoms with Crippen molar-refractivity contribution in [2.45, 2.75) is 31.7 Å². The number of hydrogen-bond acceptors (Lipinski definition) is 6. The highest BCUT2D eigenvalue weighted by Crippen LogP contribution is 2.25. The third-order valence-electron chi connectivity index (χ3n) is 5.80. The van der Waals surface area contributed by atoms with Crippen molar-refractivity contribution in [3.05, 3.63) is 6.33 Å². The maximum atomic E-state index is 13.0. The molecule has 3 aliphatic rings. The van der Waals surface area contributed by atoms with Crippen LogP contribution in [0.4, 0.5) is 5.95 Å². The minimum Gasteiger partial charge on any atom is -0.381 e. The molecule has 3 aliphatic heterocycles. The summed E-state index contributed by atoms with van der Waals surface area (Å²) in [6.07, 6.45) is 5.90. The Morgan fingerprint density at radius 2 is 1.92 bits per heavy atom. The number of nitrogens with zero attached hydrogens (tertiary/aromatic N) is 5. The number of H-pyrrole nitrogens is 1. The van der Waals surface area contributed by atoms with Crippen LogP contribution in [0.15, 0.2) is 6.33 Å². The summed E-state index contributed by atoms with van der Waals surface area (Å²) in [6.45, 7) is 6.96. The third-order valence-corrected chi connectivity index (χ3v) is 5.80. The summed E-state index contributed by atoms with van der Waals surface area (Å²) in [5.74, 6) is 1.30. The predicted octanol–water partition coefficient (Wildman–Crippen LogP) is 0.344. The molecule has 3 fully saturated rings. The van der Waals surface area contributed by atoms with E-state index in [0.29, 0.717) is 11.9 Å². The minimum absolute atomic E-state index is 0.161. The van der Waals surface area contributed by atoms with Crippen LogP contribution in [0.3, 0.4) is 0 Å². The molecule has 4 heterocycles. The van der Waals surface area contributed by atoms with E-state index in [1.54, 1.807) is 0 Å². The summed E-state index contributed by atoms with van der Waals surface area (Å²) in [5.41, 5.74) is 0. The van der Waals surface area contributed by atoms with Gasteiger partial charge >= 0.3 is 0 Å². The number of piperidine rings is 1. The van der Waals surface area contributed by atoms with Gasteiger partial charge in [-0.15, -0.1) is 0 Å². The molecule has 1 aromatic heterocycles. The van der Waals surface area contributed by atoms with E-state index in [1.165, 1.54) is 6.33 Å². The fourth-order valence-corrected chi connectivity index (χ4v) is 4.34. The summed E-state index contributed by atoms with van der Waals surface area (Å²) in [5, 5.41) is 6.81. The van der Waals surface area contributed by atoms with Gasteiger partial charge in [-0.25, -0.2) is 5.10 Å². The van der Waals surface area contributed by atoms with E-state index in [1.807, 2.05) is 4.90 Å². The average Bonchev–Trinajstić information content (AvgIpc) is 3.23. The van der Waals surface area contributed by atoms with Gasteiger partial charge in [0.1, 0.15) is 6.33 Å². The van der Waals surface area contributed by atoms with E-state index in [9.17, 15) is 4.79 Å². The van der Waals surface area contributed by atoms with Crippen LogP contribution in [0.25, 0.3) is 0 Å². The largest absolute Gasteiger partial charge is 0.381 e. The van der Waals surface area contributed by atoms with Gasteiger partial charge in [0.15, 0.2) is 0 Å². The summed E-state index contributed by atoms with van der Waals surface area (Å²) in [6, 6.07) is 0.604. The lowest BCUT2D eigenvalue weighted by atomic mass is 9.93. The Morgan fingerprint density at radius 1 is 1.12 bits per heavy atom. The van der Waals surface area contributed by atoms with Gasteiger partial charge in [0.2, 0.25) is 11.9 Å². The molecule has 1 N–H and O–H groups in total. The first-order valence-electron chi connectivity index (χ1n) is 9.52. The fourth-order valence-electron chi connectivity index (χ4n) is 4.34. The number of carbonyl (C=O) groups is 1. The van der Waals surface area contributed by atoms with Gasteiger partial charge in [0, 0.05) is 52.0 Å². The maximum absolute atomic E-state index is 13.0. The third kappa shape index (κ3) is 3.79. The van der Waals surface area contributed by atoms with E-state index >= 15 is 0 Å². The Labute approximate surface area is 148 Å². The van der Waals surface area contributed by atoms with Crippen molar-refractivity contribution in [2.75, 3.05) is 57.4 Å². The first kappa shape index (κ1) is 16.8. The summed E-state index contributed by atoms with van der Waals surface area (Å²) in [7, 11) is 0. The molecular weight excluding hydrogens is 320 g/mol. The smallest absolute Gasteiger partial charge is 0.227 e. The Hall–Kier alpha value is -1.67. The molecule has 8 nitrogen and oxygen atoms in total. The molecule has 0 spiro atoms. The number of amides is 1. The number of nitrogens with one attached hydrogen (secondary N) is 1. The first-order chi connectivity index (χ1) is 12.3. The van der Waals surface area contributed by atoms with Crippen LogP contribution in [0, 0.1) is 5.92 Å². The van der Waals surface area contributed by atoms with Crippen molar-refractivity contribution in [3.63, 3.8) is 0 Å². The molecule has 4 rings (SSSR count). The van der Waals surface area contributed by atoms with Crippen LogP contribution in [-0.2, 0) is 9.53 Å². The van der Waals surface area contributed by atoms with Gasteiger partial charge < -0.3 is 14.5 Å². The molecule has 25 heavy (non-hydrogen) atoms. The van der Waals surface area contributed by atoms with Crippen molar-refractivity contribution in [1.82, 2.24) is 25.0 Å². The highest BCUT2D eigenvalue weighted by molar-refractivity contribution is 5.79. The number of anilines is 1. The van der Waals surface area contributed by atoms with Crippen molar-refractivity contribution >= 4 is 11.9 Å². The molecule has 0 saturated carbocycles. The number of aromatic amines is 1. The van der Waals surface area contributed by atoms with Crippen LogP contribution in [-0.4, -0.2) is 89.4 Å². The lowest BCUT2D eigenvalue weighted by Crippen LogP contribution is -2.54. The van der Waals surface area contributed by atoms with Gasteiger partial charge in [-0.2, -0.15) is 10.1 Å². The minimum atomic E-state index is 0.161. The number of hydrogen-bond donors (Lipinski definition) is 1. The van der Waals surface area contributed by atoms with Crippen LogP contribution in [0.5, 0.6) is 0 Å². The molecule has 0 unspecified atom stereocenters. The normalized spacial score (nSPS) is 26.8. The number of carbonyl (C=O) groups excluding carboxylic acids is 1. The van der Waals surface area contributed by atoms with Gasteiger partial charge in [-0.05, 0) is 32.2 Å². The molecule has 1 amide bonds. The van der Waals surface area contributed by atoms with Gasteiger partial charge in [-0.1, -0.05) is 0 Å². The van der Waals surface area contributed by atoms with Crippen LogP contribution >= 0.6 is 0 Å². The quantitative estimate of drug-likeness (QED) is 0.849. The second-order valence-corrected chi connectivity index (χ2v) is 7.30. The number of aromatic nitrogens is 3. The summed E-state index contributed by atoms with van der Waals surface area (Å²) >= 11 is 0. The van der Waals surface area contributed by atoms with Crippen LogP contribution in [0.2, 0.25) is 0 Å². The molecule has 0 aliphatic carbocycles. The molecule has 0 aromatic carbocycles. The second kappa shape index (κ2) is 7.70. The number of rotatable bonds is 3. The van der Waals surface area contributed by atoms with E-state index in [4.69, 9.17) is 4.74 Å². The van der Waals surface area contributed by atoms with Crippen molar-refractivity contribution < 1.29 is 9.53 Å². The Kier molecular flexibility index (Phi) is 5.17. The van der Waals surface area contributed by atoms with E-state index in [2.05, 4.69) is 25.0 Å². The van der Waals surface area contributed by atoms with Gasteiger partial charge in [-0.3, -0.25) is 9.69 Å². The fraction of sp³-hybridized carbons (Fsp3) is 0.824. The SMILES string of the molecule is O=C([C@H]1CCCN(C2CCOCC2)C1)N1CCN(c2ncn[nH]2)CC1. The Bertz CT molecular complexity index is 551. The standard InChI is InChI=1S/C17H28N6O2/c24-16(21-6-8-22(9-7-21)17-18-13-19-20-17)14-2-1-5-23(12-14)15-3-10-25-11-4-15/h13-15H,1-12H2,(H,18,19,20)/t14-/m0/s1. The highest BCUT2D eigenvalue weighted by atomic mass is 16.5. The molecular formula is C17H28N6O2.